The second-order valence-electron chi connectivity index (χ2n) is 4.63. The number of carboxylic acid groups (broad SMARTS) is 1. The first-order chi connectivity index (χ1) is 8.65. The molecule has 2 N–H and O–H groups in total. The van der Waals surface area contributed by atoms with Crippen molar-refractivity contribution < 1.29 is 14.7 Å². The van der Waals surface area contributed by atoms with Crippen LogP contribution in [0.15, 0.2) is 18.5 Å². The van der Waals surface area contributed by atoms with Gasteiger partial charge < -0.3 is 10.4 Å². The molecule has 18 heavy (non-hydrogen) atoms. The van der Waals surface area contributed by atoms with Crippen molar-refractivity contribution in [2.75, 3.05) is 0 Å². The van der Waals surface area contributed by atoms with Crippen LogP contribution < -0.4 is 5.32 Å². The van der Waals surface area contributed by atoms with Crippen LogP contribution in [0, 0.1) is 5.92 Å². The Morgan fingerprint density at radius 1 is 1.44 bits per heavy atom. The number of hydrogen-bond acceptors (Lipinski definition) is 3. The Kier molecular flexibility index (Phi) is 3.96. The zero-order chi connectivity index (χ0) is 13.0. The standard InChI is InChI=1S/C12H17N3O3/c16-11(4-7-15-6-1-5-13-15)14-10-3-2-9(8-10)12(17)18/h1,5-6,9-10H,2-4,7-8H2,(H,14,16)(H,17,18)/t9-,10+/m1/s1. The summed E-state index contributed by atoms with van der Waals surface area (Å²) in [5.74, 6) is -1.11. The van der Waals surface area contributed by atoms with Crippen molar-refractivity contribution in [1.29, 1.82) is 0 Å². The zero-order valence-corrected chi connectivity index (χ0v) is 10.1. The molecule has 1 aliphatic rings. The van der Waals surface area contributed by atoms with E-state index in [1.165, 1.54) is 0 Å². The molecule has 0 spiro atoms. The zero-order valence-electron chi connectivity index (χ0n) is 10.1. The van der Waals surface area contributed by atoms with Gasteiger partial charge in [0.1, 0.15) is 0 Å². The van der Waals surface area contributed by atoms with Gasteiger partial charge in [0, 0.05) is 31.4 Å². The molecule has 0 saturated heterocycles. The molecule has 6 heteroatoms. The molecule has 1 aliphatic carbocycles. The van der Waals surface area contributed by atoms with Gasteiger partial charge >= 0.3 is 5.97 Å². The van der Waals surface area contributed by atoms with Gasteiger partial charge in [-0.1, -0.05) is 0 Å². The molecule has 2 atom stereocenters. The number of carbonyl (C=O) groups excluding carboxylic acids is 1. The van der Waals surface area contributed by atoms with E-state index in [0.717, 1.165) is 6.42 Å². The van der Waals surface area contributed by atoms with E-state index < -0.39 is 5.97 Å². The van der Waals surface area contributed by atoms with Crippen LogP contribution in [-0.2, 0) is 16.1 Å². The summed E-state index contributed by atoms with van der Waals surface area (Å²) in [6.07, 6.45) is 5.80. The van der Waals surface area contributed by atoms with E-state index in [-0.39, 0.29) is 17.9 Å². The molecule has 0 bridgehead atoms. The molecule has 6 nitrogen and oxygen atoms in total. The Labute approximate surface area is 105 Å². The Balaban J connectivity index is 1.70. The molecular weight excluding hydrogens is 234 g/mol. The van der Waals surface area contributed by atoms with Gasteiger partial charge in [-0.05, 0) is 25.3 Å². The minimum atomic E-state index is -0.761. The lowest BCUT2D eigenvalue weighted by molar-refractivity contribution is -0.141. The number of nitrogens with one attached hydrogen (secondary N) is 1. The Bertz CT molecular complexity index is 416. The van der Waals surface area contributed by atoms with Crippen molar-refractivity contribution >= 4 is 11.9 Å². The van der Waals surface area contributed by atoms with E-state index in [2.05, 4.69) is 10.4 Å². The molecule has 1 amide bonds. The number of aromatic nitrogens is 2. The van der Waals surface area contributed by atoms with Gasteiger partial charge in [0.05, 0.1) is 5.92 Å². The maximum Gasteiger partial charge on any atom is 0.306 e. The normalized spacial score (nSPS) is 22.9. The molecule has 0 aliphatic heterocycles. The maximum atomic E-state index is 11.7. The number of nitrogens with zero attached hydrogens (tertiary/aromatic N) is 2. The van der Waals surface area contributed by atoms with Gasteiger partial charge in [-0.15, -0.1) is 0 Å². The van der Waals surface area contributed by atoms with E-state index in [1.807, 2.05) is 12.3 Å². The third-order valence-electron chi connectivity index (χ3n) is 3.27. The fraction of sp³-hybridized carbons (Fsp3) is 0.583. The smallest absolute Gasteiger partial charge is 0.306 e. The van der Waals surface area contributed by atoms with E-state index in [1.54, 1.807) is 10.9 Å². The second kappa shape index (κ2) is 5.66. The van der Waals surface area contributed by atoms with Crippen molar-refractivity contribution in [3.05, 3.63) is 18.5 Å². The second-order valence-corrected chi connectivity index (χ2v) is 4.63. The van der Waals surface area contributed by atoms with Crippen molar-refractivity contribution in [2.45, 2.75) is 38.3 Å². The molecule has 1 heterocycles. The summed E-state index contributed by atoms with van der Waals surface area (Å²) in [5, 5.41) is 15.8. The predicted molar refractivity (Wildman–Crippen MR) is 63.8 cm³/mol. The number of carbonyl (C=O) groups is 2. The third kappa shape index (κ3) is 3.32. The number of amides is 1. The average molecular weight is 251 g/mol. The summed E-state index contributed by atoms with van der Waals surface area (Å²) >= 11 is 0. The van der Waals surface area contributed by atoms with Crippen LogP contribution in [0.3, 0.4) is 0 Å². The Hall–Kier alpha value is -1.85. The van der Waals surface area contributed by atoms with Gasteiger partial charge in [-0.25, -0.2) is 0 Å². The van der Waals surface area contributed by atoms with Crippen LogP contribution >= 0.6 is 0 Å². The highest BCUT2D eigenvalue weighted by molar-refractivity contribution is 5.76. The SMILES string of the molecule is O=C(CCn1cccn1)N[C@H]1CC[C@@H](C(=O)O)C1. The number of rotatable bonds is 5. The average Bonchev–Trinajstić information content (AvgIpc) is 2.96. The summed E-state index contributed by atoms with van der Waals surface area (Å²) in [5.41, 5.74) is 0. The first kappa shape index (κ1) is 12.6. The van der Waals surface area contributed by atoms with E-state index >= 15 is 0 Å². The van der Waals surface area contributed by atoms with Gasteiger partial charge in [-0.3, -0.25) is 14.3 Å². The lowest BCUT2D eigenvalue weighted by Gasteiger charge is -2.12. The number of aryl methyl sites for hydroxylation is 1. The van der Waals surface area contributed by atoms with Gasteiger partial charge in [-0.2, -0.15) is 5.10 Å². The molecular formula is C12H17N3O3. The van der Waals surface area contributed by atoms with Gasteiger partial charge in [0.15, 0.2) is 0 Å². The molecule has 2 rings (SSSR count). The molecule has 0 unspecified atom stereocenters. The monoisotopic (exact) mass is 251 g/mol. The number of carboxylic acids is 1. The van der Waals surface area contributed by atoms with Crippen LogP contribution in [0.1, 0.15) is 25.7 Å². The largest absolute Gasteiger partial charge is 0.481 e. The Morgan fingerprint density at radius 3 is 2.89 bits per heavy atom. The topological polar surface area (TPSA) is 84.2 Å². The minimum absolute atomic E-state index is 0.0104. The molecule has 1 aromatic rings. The molecule has 0 aromatic carbocycles. The summed E-state index contributed by atoms with van der Waals surface area (Å²) < 4.78 is 1.70. The fourth-order valence-corrected chi connectivity index (χ4v) is 2.29. The number of hydrogen-bond donors (Lipinski definition) is 2. The summed E-state index contributed by atoms with van der Waals surface area (Å²) in [6, 6.07) is 1.82. The van der Waals surface area contributed by atoms with Crippen molar-refractivity contribution in [2.24, 2.45) is 5.92 Å². The number of aliphatic carboxylic acids is 1. The maximum absolute atomic E-state index is 11.7. The molecule has 1 fully saturated rings. The van der Waals surface area contributed by atoms with E-state index in [4.69, 9.17) is 5.11 Å². The quantitative estimate of drug-likeness (QED) is 0.804. The van der Waals surface area contributed by atoms with Crippen LogP contribution in [0.2, 0.25) is 0 Å². The van der Waals surface area contributed by atoms with Crippen LogP contribution in [-0.4, -0.2) is 32.8 Å². The first-order valence-electron chi connectivity index (χ1n) is 6.15. The Morgan fingerprint density at radius 2 is 2.28 bits per heavy atom. The van der Waals surface area contributed by atoms with Crippen molar-refractivity contribution in [1.82, 2.24) is 15.1 Å². The highest BCUT2D eigenvalue weighted by Crippen LogP contribution is 2.25. The van der Waals surface area contributed by atoms with Crippen molar-refractivity contribution in [3.63, 3.8) is 0 Å². The van der Waals surface area contributed by atoms with Gasteiger partial charge in [0.25, 0.3) is 0 Å². The predicted octanol–water partition coefficient (Wildman–Crippen LogP) is 0.643. The minimum Gasteiger partial charge on any atom is -0.481 e. The molecule has 98 valence electrons. The van der Waals surface area contributed by atoms with Crippen LogP contribution in [0.5, 0.6) is 0 Å². The summed E-state index contributed by atoms with van der Waals surface area (Å²) in [6.45, 7) is 0.550. The summed E-state index contributed by atoms with van der Waals surface area (Å²) in [4.78, 5) is 22.5. The fourth-order valence-electron chi connectivity index (χ4n) is 2.29. The molecule has 0 radical (unpaired) electrons. The van der Waals surface area contributed by atoms with Crippen LogP contribution in [0.25, 0.3) is 0 Å². The third-order valence-corrected chi connectivity index (χ3v) is 3.27. The first-order valence-corrected chi connectivity index (χ1v) is 6.15. The van der Waals surface area contributed by atoms with Crippen molar-refractivity contribution in [3.8, 4) is 0 Å². The highest BCUT2D eigenvalue weighted by Gasteiger charge is 2.30. The van der Waals surface area contributed by atoms with E-state index in [9.17, 15) is 9.59 Å². The van der Waals surface area contributed by atoms with E-state index in [0.29, 0.717) is 25.8 Å². The molecule has 1 aromatic heterocycles. The lowest BCUT2D eigenvalue weighted by Crippen LogP contribution is -2.33. The van der Waals surface area contributed by atoms with Crippen LogP contribution in [0.4, 0.5) is 0 Å². The molecule has 1 saturated carbocycles. The lowest BCUT2D eigenvalue weighted by atomic mass is 10.1. The summed E-state index contributed by atoms with van der Waals surface area (Å²) in [7, 11) is 0. The highest BCUT2D eigenvalue weighted by atomic mass is 16.4. The van der Waals surface area contributed by atoms with Gasteiger partial charge in [0.2, 0.25) is 5.91 Å².